The van der Waals surface area contributed by atoms with Crippen molar-refractivity contribution in [2.75, 3.05) is 31.1 Å². The lowest BCUT2D eigenvalue weighted by molar-refractivity contribution is 0.103. The maximum atomic E-state index is 12.6. The molecule has 3 rings (SSSR count). The van der Waals surface area contributed by atoms with Crippen molar-refractivity contribution >= 4 is 17.2 Å². The molecule has 0 amide bonds. The van der Waals surface area contributed by atoms with Crippen LogP contribution in [0.25, 0.3) is 0 Å². The molecule has 1 saturated heterocycles. The Morgan fingerprint density at radius 3 is 2.31 bits per heavy atom. The average molecular weight is 353 g/mol. The van der Waals surface area contributed by atoms with E-state index in [0.29, 0.717) is 22.5 Å². The summed E-state index contributed by atoms with van der Waals surface area (Å²) in [5.74, 6) is 0.701. The van der Waals surface area contributed by atoms with Crippen LogP contribution in [0.3, 0.4) is 0 Å². The molecule has 1 fully saturated rings. The Kier molecular flexibility index (Phi) is 5.78. The Morgan fingerprint density at radius 1 is 1.00 bits per heavy atom. The first-order chi connectivity index (χ1) is 12.5. The quantitative estimate of drug-likeness (QED) is 0.615. The molecule has 0 aromatic heterocycles. The number of hydrogen-bond donors (Lipinski definition) is 2. The van der Waals surface area contributed by atoms with E-state index in [1.807, 2.05) is 12.1 Å². The van der Waals surface area contributed by atoms with Gasteiger partial charge in [0.1, 0.15) is 11.9 Å². The van der Waals surface area contributed by atoms with E-state index in [9.17, 15) is 4.79 Å². The molecule has 1 unspecified atom stereocenters. The van der Waals surface area contributed by atoms with Crippen molar-refractivity contribution in [2.24, 2.45) is 0 Å². The second-order valence-corrected chi connectivity index (χ2v) is 6.99. The summed E-state index contributed by atoms with van der Waals surface area (Å²) in [4.78, 5) is 15.0. The smallest absolute Gasteiger partial charge is 0.193 e. The van der Waals surface area contributed by atoms with Crippen molar-refractivity contribution < 1.29 is 9.53 Å². The molecular weight excluding hydrogens is 326 g/mol. The highest BCUT2D eigenvalue weighted by atomic mass is 16.5. The van der Waals surface area contributed by atoms with Crippen molar-refractivity contribution in [2.45, 2.75) is 32.3 Å². The van der Waals surface area contributed by atoms with Crippen molar-refractivity contribution in [3.63, 3.8) is 0 Å². The van der Waals surface area contributed by atoms with Gasteiger partial charge in [0.05, 0.1) is 11.4 Å². The summed E-state index contributed by atoms with van der Waals surface area (Å²) in [5.41, 5.74) is 13.5. The van der Waals surface area contributed by atoms with Gasteiger partial charge in [-0.05, 0) is 75.3 Å². The Labute approximate surface area is 154 Å². The zero-order chi connectivity index (χ0) is 18.5. The minimum Gasteiger partial charge on any atom is -0.489 e. The number of nitrogen functional groups attached to an aromatic ring is 2. The van der Waals surface area contributed by atoms with E-state index >= 15 is 0 Å². The van der Waals surface area contributed by atoms with Crippen LogP contribution in [-0.4, -0.2) is 36.4 Å². The molecule has 138 valence electrons. The number of carbonyl (C=O) groups excluding carboxylic acids is 1. The van der Waals surface area contributed by atoms with Gasteiger partial charge in [-0.1, -0.05) is 6.42 Å². The Hall–Kier alpha value is -2.53. The monoisotopic (exact) mass is 353 g/mol. The van der Waals surface area contributed by atoms with Gasteiger partial charge in [0, 0.05) is 17.7 Å². The lowest BCUT2D eigenvalue weighted by Gasteiger charge is -2.29. The van der Waals surface area contributed by atoms with Crippen LogP contribution in [0, 0.1) is 0 Å². The summed E-state index contributed by atoms with van der Waals surface area (Å²) in [6.45, 7) is 5.34. The fraction of sp³-hybridized carbons (Fsp3) is 0.381. The van der Waals surface area contributed by atoms with Crippen LogP contribution in [-0.2, 0) is 0 Å². The second-order valence-electron chi connectivity index (χ2n) is 6.99. The fourth-order valence-corrected chi connectivity index (χ4v) is 3.34. The third kappa shape index (κ3) is 4.55. The third-order valence-electron chi connectivity index (χ3n) is 4.77. The topological polar surface area (TPSA) is 81.6 Å². The molecule has 0 aliphatic carbocycles. The molecule has 0 radical (unpaired) electrons. The molecule has 1 heterocycles. The highest BCUT2D eigenvalue weighted by Gasteiger charge is 2.15. The number of rotatable bonds is 6. The molecule has 0 bridgehead atoms. The summed E-state index contributed by atoms with van der Waals surface area (Å²) in [7, 11) is 0. The number of likely N-dealkylation sites (tertiary alicyclic amines) is 1. The first kappa shape index (κ1) is 18.3. The van der Waals surface area contributed by atoms with Gasteiger partial charge < -0.3 is 16.2 Å². The Morgan fingerprint density at radius 2 is 1.65 bits per heavy atom. The van der Waals surface area contributed by atoms with Crippen LogP contribution in [0.2, 0.25) is 0 Å². The maximum Gasteiger partial charge on any atom is 0.193 e. The van der Waals surface area contributed by atoms with Gasteiger partial charge in [0.25, 0.3) is 0 Å². The van der Waals surface area contributed by atoms with Gasteiger partial charge in [0.15, 0.2) is 5.78 Å². The van der Waals surface area contributed by atoms with Crippen LogP contribution in [0.4, 0.5) is 11.4 Å². The molecule has 1 atom stereocenters. The molecular formula is C21H27N3O2. The number of ether oxygens (including phenoxy) is 1. The van der Waals surface area contributed by atoms with Crippen molar-refractivity contribution in [3.05, 3.63) is 53.6 Å². The van der Waals surface area contributed by atoms with Gasteiger partial charge in [0.2, 0.25) is 0 Å². The lowest BCUT2D eigenvalue weighted by atomic mass is 10.0. The highest BCUT2D eigenvalue weighted by molar-refractivity contribution is 6.09. The minimum absolute atomic E-state index is 0.0791. The molecule has 5 nitrogen and oxygen atoms in total. The molecule has 5 heteroatoms. The van der Waals surface area contributed by atoms with Gasteiger partial charge >= 0.3 is 0 Å². The molecule has 0 spiro atoms. The highest BCUT2D eigenvalue weighted by Crippen LogP contribution is 2.21. The number of piperidine rings is 1. The first-order valence-corrected chi connectivity index (χ1v) is 9.21. The number of nitrogens with two attached hydrogens (primary N) is 2. The van der Waals surface area contributed by atoms with Gasteiger partial charge in [-0.3, -0.25) is 9.69 Å². The number of nitrogens with zero attached hydrogens (tertiary/aromatic N) is 1. The third-order valence-corrected chi connectivity index (χ3v) is 4.77. The molecule has 1 aliphatic rings. The zero-order valence-electron chi connectivity index (χ0n) is 15.3. The van der Waals surface area contributed by atoms with E-state index in [2.05, 4.69) is 11.8 Å². The summed E-state index contributed by atoms with van der Waals surface area (Å²) in [6, 6.07) is 12.2. The molecule has 4 N–H and O–H groups in total. The van der Waals surface area contributed by atoms with Gasteiger partial charge in [-0.15, -0.1) is 0 Å². The largest absolute Gasteiger partial charge is 0.489 e. The predicted molar refractivity (Wildman–Crippen MR) is 106 cm³/mol. The van der Waals surface area contributed by atoms with Crippen molar-refractivity contribution in [1.82, 2.24) is 4.90 Å². The van der Waals surface area contributed by atoms with Crippen molar-refractivity contribution in [3.8, 4) is 5.75 Å². The summed E-state index contributed by atoms with van der Waals surface area (Å²) in [6.07, 6.45) is 4.01. The minimum atomic E-state index is -0.0791. The molecule has 1 aliphatic heterocycles. The van der Waals surface area contributed by atoms with E-state index in [1.165, 1.54) is 19.3 Å². The van der Waals surface area contributed by atoms with Crippen molar-refractivity contribution in [1.29, 1.82) is 0 Å². The SMILES string of the molecule is CC(CN1CCCCC1)Oc1ccc(C(=O)c2ccc(N)c(N)c2)cc1. The Bertz CT molecular complexity index is 752. The van der Waals surface area contributed by atoms with E-state index in [1.54, 1.807) is 30.3 Å². The first-order valence-electron chi connectivity index (χ1n) is 9.21. The summed E-state index contributed by atoms with van der Waals surface area (Å²) in [5, 5.41) is 0. The second kappa shape index (κ2) is 8.23. The van der Waals surface area contributed by atoms with Crippen LogP contribution in [0.1, 0.15) is 42.1 Å². The van der Waals surface area contributed by atoms with E-state index in [0.717, 1.165) is 25.4 Å². The Balaban J connectivity index is 1.60. The standard InChI is InChI=1S/C21H27N3O2/c1-15(14-24-11-3-2-4-12-24)26-18-8-5-16(6-9-18)21(25)17-7-10-19(22)20(23)13-17/h5-10,13,15H,2-4,11-12,14,22-23H2,1H3. The van der Waals surface area contributed by atoms with Gasteiger partial charge in [-0.25, -0.2) is 0 Å². The number of anilines is 2. The normalized spacial score (nSPS) is 16.2. The van der Waals surface area contributed by atoms with Crippen LogP contribution in [0.15, 0.2) is 42.5 Å². The number of ketones is 1. The summed E-state index contributed by atoms with van der Waals surface area (Å²) >= 11 is 0. The number of carbonyl (C=O) groups is 1. The van der Waals surface area contributed by atoms with E-state index in [-0.39, 0.29) is 11.9 Å². The summed E-state index contributed by atoms with van der Waals surface area (Å²) < 4.78 is 6.00. The fourth-order valence-electron chi connectivity index (χ4n) is 3.34. The number of hydrogen-bond acceptors (Lipinski definition) is 5. The van der Waals surface area contributed by atoms with Crippen LogP contribution >= 0.6 is 0 Å². The van der Waals surface area contributed by atoms with E-state index in [4.69, 9.17) is 16.2 Å². The van der Waals surface area contributed by atoms with Crippen LogP contribution < -0.4 is 16.2 Å². The predicted octanol–water partition coefficient (Wildman–Crippen LogP) is 3.34. The van der Waals surface area contributed by atoms with E-state index < -0.39 is 0 Å². The molecule has 26 heavy (non-hydrogen) atoms. The lowest BCUT2D eigenvalue weighted by Crippen LogP contribution is -2.37. The number of benzene rings is 2. The van der Waals surface area contributed by atoms with Crippen LogP contribution in [0.5, 0.6) is 5.75 Å². The zero-order valence-corrected chi connectivity index (χ0v) is 15.3. The molecule has 2 aromatic rings. The average Bonchev–Trinajstić information content (AvgIpc) is 2.65. The van der Waals surface area contributed by atoms with Gasteiger partial charge in [-0.2, -0.15) is 0 Å². The molecule has 2 aromatic carbocycles. The maximum absolute atomic E-state index is 12.6. The molecule has 0 saturated carbocycles.